The second-order valence-electron chi connectivity index (χ2n) is 6.68. The Balaban J connectivity index is 1.72. The molecule has 1 saturated heterocycles. The Labute approximate surface area is 148 Å². The van der Waals surface area contributed by atoms with Gasteiger partial charge >= 0.3 is 0 Å². The van der Waals surface area contributed by atoms with Gasteiger partial charge in [-0.25, -0.2) is 4.39 Å². The molecule has 1 aromatic heterocycles. The molecule has 0 unspecified atom stereocenters. The number of halogens is 1. The van der Waals surface area contributed by atoms with Gasteiger partial charge in [0.1, 0.15) is 5.82 Å². The van der Waals surface area contributed by atoms with Crippen LogP contribution in [0, 0.1) is 12.7 Å². The second kappa shape index (κ2) is 8.41. The van der Waals surface area contributed by atoms with Crippen LogP contribution in [0.15, 0.2) is 43.1 Å². The number of aryl methyl sites for hydroxylation is 1. The first kappa shape index (κ1) is 17.8. The van der Waals surface area contributed by atoms with Gasteiger partial charge in [-0.3, -0.25) is 9.58 Å². The summed E-state index contributed by atoms with van der Waals surface area (Å²) >= 11 is 0. The standard InChI is InChI=1S/C20H26FN3O/c1-3-10-24-14-18(16(2)22-24)13-23(15-20-5-4-11-25-20)12-17-6-8-19(21)9-7-17/h3,6-9,14,20H,1,4-5,10-13,15H2,2H3/t20-/m0/s1. The molecule has 25 heavy (non-hydrogen) atoms. The van der Waals surface area contributed by atoms with E-state index in [-0.39, 0.29) is 11.9 Å². The minimum atomic E-state index is -0.198. The summed E-state index contributed by atoms with van der Waals surface area (Å²) < 4.78 is 20.9. The highest BCUT2D eigenvalue weighted by Crippen LogP contribution is 2.18. The fourth-order valence-corrected chi connectivity index (χ4v) is 3.29. The lowest BCUT2D eigenvalue weighted by Gasteiger charge is -2.25. The van der Waals surface area contributed by atoms with Crippen molar-refractivity contribution in [3.8, 4) is 0 Å². The van der Waals surface area contributed by atoms with Gasteiger partial charge in [0.15, 0.2) is 0 Å². The summed E-state index contributed by atoms with van der Waals surface area (Å²) in [5, 5.41) is 4.54. The molecule has 1 atom stereocenters. The van der Waals surface area contributed by atoms with E-state index in [1.54, 1.807) is 0 Å². The number of aromatic nitrogens is 2. The third-order valence-electron chi connectivity index (χ3n) is 4.56. The Hall–Kier alpha value is -1.98. The van der Waals surface area contributed by atoms with E-state index >= 15 is 0 Å². The van der Waals surface area contributed by atoms with Gasteiger partial charge in [0.2, 0.25) is 0 Å². The summed E-state index contributed by atoms with van der Waals surface area (Å²) in [6.45, 7) is 9.83. The van der Waals surface area contributed by atoms with Crippen LogP contribution in [-0.4, -0.2) is 33.9 Å². The van der Waals surface area contributed by atoms with Gasteiger partial charge in [0, 0.05) is 38.0 Å². The first-order valence-corrected chi connectivity index (χ1v) is 8.86. The molecule has 5 heteroatoms. The zero-order chi connectivity index (χ0) is 17.6. The Morgan fingerprint density at radius 3 is 2.84 bits per heavy atom. The van der Waals surface area contributed by atoms with E-state index in [4.69, 9.17) is 4.74 Å². The van der Waals surface area contributed by atoms with Gasteiger partial charge in [0.25, 0.3) is 0 Å². The smallest absolute Gasteiger partial charge is 0.123 e. The van der Waals surface area contributed by atoms with Crippen molar-refractivity contribution in [3.05, 3.63) is 65.8 Å². The average molecular weight is 343 g/mol. The Morgan fingerprint density at radius 1 is 1.36 bits per heavy atom. The Kier molecular flexibility index (Phi) is 6.00. The first-order chi connectivity index (χ1) is 12.1. The molecular weight excluding hydrogens is 317 g/mol. The number of allylic oxidation sites excluding steroid dienone is 1. The van der Waals surface area contributed by atoms with Crippen molar-refractivity contribution in [2.24, 2.45) is 0 Å². The first-order valence-electron chi connectivity index (χ1n) is 8.86. The molecular formula is C20H26FN3O. The maximum atomic E-state index is 13.2. The summed E-state index contributed by atoms with van der Waals surface area (Å²) in [4.78, 5) is 2.37. The number of hydrogen-bond acceptors (Lipinski definition) is 3. The molecule has 4 nitrogen and oxygen atoms in total. The lowest BCUT2D eigenvalue weighted by Crippen LogP contribution is -2.31. The molecule has 0 bridgehead atoms. The Morgan fingerprint density at radius 2 is 2.16 bits per heavy atom. The number of hydrogen-bond donors (Lipinski definition) is 0. The third kappa shape index (κ3) is 5.00. The van der Waals surface area contributed by atoms with Crippen LogP contribution in [0.4, 0.5) is 4.39 Å². The van der Waals surface area contributed by atoms with Gasteiger partial charge in [0.05, 0.1) is 18.3 Å². The molecule has 1 fully saturated rings. The lowest BCUT2D eigenvalue weighted by molar-refractivity contribution is 0.0678. The van der Waals surface area contributed by atoms with Crippen LogP contribution in [0.25, 0.3) is 0 Å². The zero-order valence-electron chi connectivity index (χ0n) is 14.8. The van der Waals surface area contributed by atoms with Crippen LogP contribution in [-0.2, 0) is 24.4 Å². The second-order valence-corrected chi connectivity index (χ2v) is 6.68. The van der Waals surface area contributed by atoms with Gasteiger partial charge in [-0.05, 0) is 37.5 Å². The van der Waals surface area contributed by atoms with E-state index in [1.165, 1.54) is 17.7 Å². The molecule has 0 saturated carbocycles. The molecule has 0 N–H and O–H groups in total. The van der Waals surface area contributed by atoms with Crippen molar-refractivity contribution in [1.82, 2.24) is 14.7 Å². The van der Waals surface area contributed by atoms with Crippen LogP contribution in [0.3, 0.4) is 0 Å². The van der Waals surface area contributed by atoms with E-state index < -0.39 is 0 Å². The van der Waals surface area contributed by atoms with Gasteiger partial charge < -0.3 is 4.74 Å². The number of benzene rings is 1. The number of nitrogens with zero attached hydrogens (tertiary/aromatic N) is 3. The van der Waals surface area contributed by atoms with Crippen LogP contribution in [0.5, 0.6) is 0 Å². The number of ether oxygens (including phenoxy) is 1. The monoisotopic (exact) mass is 343 g/mol. The van der Waals surface area contributed by atoms with Gasteiger partial charge in [-0.2, -0.15) is 5.10 Å². The molecule has 0 aliphatic carbocycles. The van der Waals surface area contributed by atoms with Crippen LogP contribution >= 0.6 is 0 Å². The molecule has 1 aliphatic heterocycles. The summed E-state index contributed by atoms with van der Waals surface area (Å²) in [5.74, 6) is -0.198. The largest absolute Gasteiger partial charge is 0.377 e. The Bertz CT molecular complexity index is 689. The molecule has 1 aliphatic rings. The molecule has 3 rings (SSSR count). The van der Waals surface area contributed by atoms with E-state index in [9.17, 15) is 4.39 Å². The highest BCUT2D eigenvalue weighted by atomic mass is 19.1. The summed E-state index contributed by atoms with van der Waals surface area (Å²) in [7, 11) is 0. The minimum Gasteiger partial charge on any atom is -0.377 e. The van der Waals surface area contributed by atoms with E-state index in [0.29, 0.717) is 6.54 Å². The van der Waals surface area contributed by atoms with Gasteiger partial charge in [-0.15, -0.1) is 6.58 Å². The highest BCUT2D eigenvalue weighted by Gasteiger charge is 2.20. The molecule has 2 aromatic rings. The topological polar surface area (TPSA) is 30.3 Å². The van der Waals surface area contributed by atoms with Crippen molar-refractivity contribution in [1.29, 1.82) is 0 Å². The third-order valence-corrected chi connectivity index (χ3v) is 4.56. The highest BCUT2D eigenvalue weighted by molar-refractivity contribution is 5.18. The van der Waals surface area contributed by atoms with E-state index in [2.05, 4.69) is 22.8 Å². The molecule has 1 aromatic carbocycles. The molecule has 0 spiro atoms. The van der Waals surface area contributed by atoms with Crippen molar-refractivity contribution in [3.63, 3.8) is 0 Å². The van der Waals surface area contributed by atoms with Crippen LogP contribution < -0.4 is 0 Å². The fourth-order valence-electron chi connectivity index (χ4n) is 3.29. The summed E-state index contributed by atoms with van der Waals surface area (Å²) in [6.07, 6.45) is 6.45. The average Bonchev–Trinajstić information content (AvgIpc) is 3.20. The summed E-state index contributed by atoms with van der Waals surface area (Å²) in [5.41, 5.74) is 3.36. The fraction of sp³-hybridized carbons (Fsp3) is 0.450. The molecule has 2 heterocycles. The summed E-state index contributed by atoms with van der Waals surface area (Å²) in [6, 6.07) is 6.75. The molecule has 0 radical (unpaired) electrons. The molecule has 0 amide bonds. The lowest BCUT2D eigenvalue weighted by atomic mass is 10.1. The quantitative estimate of drug-likeness (QED) is 0.685. The minimum absolute atomic E-state index is 0.198. The van der Waals surface area contributed by atoms with E-state index in [1.807, 2.05) is 29.8 Å². The van der Waals surface area contributed by atoms with Crippen LogP contribution in [0.2, 0.25) is 0 Å². The normalized spacial score (nSPS) is 17.3. The number of rotatable bonds is 8. The zero-order valence-corrected chi connectivity index (χ0v) is 14.8. The van der Waals surface area contributed by atoms with Crippen LogP contribution in [0.1, 0.15) is 29.7 Å². The predicted octanol–water partition coefficient (Wildman–Crippen LogP) is 3.70. The van der Waals surface area contributed by atoms with Crippen molar-refractivity contribution in [2.75, 3.05) is 13.2 Å². The predicted molar refractivity (Wildman–Crippen MR) is 96.6 cm³/mol. The molecule has 134 valence electrons. The maximum Gasteiger partial charge on any atom is 0.123 e. The van der Waals surface area contributed by atoms with Gasteiger partial charge in [-0.1, -0.05) is 18.2 Å². The maximum absolute atomic E-state index is 13.2. The van der Waals surface area contributed by atoms with Crippen molar-refractivity contribution >= 4 is 0 Å². The van der Waals surface area contributed by atoms with E-state index in [0.717, 1.165) is 50.3 Å². The van der Waals surface area contributed by atoms with Crippen molar-refractivity contribution < 1.29 is 9.13 Å². The van der Waals surface area contributed by atoms with Crippen molar-refractivity contribution in [2.45, 2.75) is 45.5 Å². The SMILES string of the molecule is C=CCn1cc(CN(Cc2ccc(F)cc2)C[C@@H]2CCCO2)c(C)n1.